The van der Waals surface area contributed by atoms with Gasteiger partial charge in [-0.25, -0.2) is 4.79 Å². The van der Waals surface area contributed by atoms with Gasteiger partial charge in [0.2, 0.25) is 0 Å². The third-order valence-electron chi connectivity index (χ3n) is 3.89. The summed E-state index contributed by atoms with van der Waals surface area (Å²) in [5.74, 6) is 0.846. The summed E-state index contributed by atoms with van der Waals surface area (Å²) in [5, 5.41) is 6.35. The fourth-order valence-corrected chi connectivity index (χ4v) is 2.75. The van der Waals surface area contributed by atoms with Crippen LogP contribution in [-0.4, -0.2) is 17.7 Å². The van der Waals surface area contributed by atoms with Crippen molar-refractivity contribution in [2.45, 2.75) is 65.0 Å². The number of ether oxygens (including phenoxy) is 1. The van der Waals surface area contributed by atoms with Crippen LogP contribution in [0.15, 0.2) is 24.3 Å². The second kappa shape index (κ2) is 7.03. The fourth-order valence-electron chi connectivity index (χ4n) is 2.75. The molecule has 2 rings (SSSR count). The van der Waals surface area contributed by atoms with Crippen molar-refractivity contribution >= 4 is 17.5 Å². The minimum Gasteiger partial charge on any atom is -0.444 e. The Bertz CT molecular complexity index is 500. The van der Waals surface area contributed by atoms with E-state index in [9.17, 15) is 4.79 Å². The molecule has 122 valence electrons. The molecule has 1 aromatic rings. The smallest absolute Gasteiger partial charge is 0.412 e. The maximum Gasteiger partial charge on any atom is 0.412 e. The van der Waals surface area contributed by atoms with Crippen molar-refractivity contribution in [2.75, 3.05) is 10.6 Å². The Labute approximate surface area is 133 Å². The number of carbonyl (C=O) groups excluding carboxylic acids is 1. The van der Waals surface area contributed by atoms with Crippen LogP contribution in [0.5, 0.6) is 0 Å². The topological polar surface area (TPSA) is 50.4 Å². The number of carbonyl (C=O) groups is 1. The second-order valence-corrected chi connectivity index (χ2v) is 7.31. The van der Waals surface area contributed by atoms with E-state index in [0.717, 1.165) is 17.3 Å². The molecule has 0 aliphatic heterocycles. The average Bonchev–Trinajstić information content (AvgIpc) is 2.39. The number of anilines is 2. The Morgan fingerprint density at radius 2 is 1.77 bits per heavy atom. The number of hydrogen-bond donors (Lipinski definition) is 2. The fraction of sp³-hybridized carbons (Fsp3) is 0.611. The first kappa shape index (κ1) is 16.7. The minimum absolute atomic E-state index is 0.420. The molecule has 1 aliphatic carbocycles. The lowest BCUT2D eigenvalue weighted by Gasteiger charge is -2.28. The third kappa shape index (κ3) is 5.58. The van der Waals surface area contributed by atoms with E-state index in [1.807, 2.05) is 45.0 Å². The van der Waals surface area contributed by atoms with E-state index in [-0.39, 0.29) is 0 Å². The molecule has 1 aliphatic rings. The van der Waals surface area contributed by atoms with Crippen LogP contribution in [0.1, 0.15) is 53.4 Å². The average molecular weight is 304 g/mol. The molecule has 2 N–H and O–H groups in total. The van der Waals surface area contributed by atoms with Crippen LogP contribution >= 0.6 is 0 Å². The van der Waals surface area contributed by atoms with Crippen molar-refractivity contribution in [2.24, 2.45) is 5.92 Å². The van der Waals surface area contributed by atoms with Gasteiger partial charge in [0, 0.05) is 17.4 Å². The molecule has 22 heavy (non-hydrogen) atoms. The highest BCUT2D eigenvalue weighted by Crippen LogP contribution is 2.26. The predicted molar refractivity (Wildman–Crippen MR) is 91.3 cm³/mol. The summed E-state index contributed by atoms with van der Waals surface area (Å²) in [6, 6.07) is 8.35. The summed E-state index contributed by atoms with van der Waals surface area (Å²) in [6.45, 7) is 7.89. The summed E-state index contributed by atoms with van der Waals surface area (Å²) < 4.78 is 5.27. The van der Waals surface area contributed by atoms with Gasteiger partial charge in [0.1, 0.15) is 5.60 Å². The molecule has 1 aromatic carbocycles. The van der Waals surface area contributed by atoms with Crippen LogP contribution in [0.3, 0.4) is 0 Å². The van der Waals surface area contributed by atoms with Gasteiger partial charge in [-0.15, -0.1) is 0 Å². The van der Waals surface area contributed by atoms with Crippen LogP contribution in [0, 0.1) is 5.92 Å². The van der Waals surface area contributed by atoms with Gasteiger partial charge in [0.15, 0.2) is 0 Å². The summed E-state index contributed by atoms with van der Waals surface area (Å²) in [6.07, 6.45) is 4.58. The molecule has 0 saturated heterocycles. The van der Waals surface area contributed by atoms with Gasteiger partial charge in [-0.05, 0) is 70.6 Å². The zero-order valence-electron chi connectivity index (χ0n) is 14.1. The van der Waals surface area contributed by atoms with Gasteiger partial charge in [0.05, 0.1) is 0 Å². The first-order valence-corrected chi connectivity index (χ1v) is 8.18. The van der Waals surface area contributed by atoms with E-state index in [1.165, 1.54) is 25.7 Å². The second-order valence-electron chi connectivity index (χ2n) is 7.31. The SMILES string of the molecule is CC1CCC(Nc2cccc(NC(=O)OC(C)(C)C)c2)CC1. The monoisotopic (exact) mass is 304 g/mol. The highest BCUT2D eigenvalue weighted by Gasteiger charge is 2.18. The minimum atomic E-state index is -0.487. The van der Waals surface area contributed by atoms with Gasteiger partial charge in [-0.2, -0.15) is 0 Å². The van der Waals surface area contributed by atoms with Crippen LogP contribution < -0.4 is 10.6 Å². The Morgan fingerprint density at radius 1 is 1.14 bits per heavy atom. The molecule has 1 saturated carbocycles. The zero-order valence-corrected chi connectivity index (χ0v) is 14.1. The quantitative estimate of drug-likeness (QED) is 0.824. The van der Waals surface area contributed by atoms with Crippen molar-refractivity contribution < 1.29 is 9.53 Å². The maximum absolute atomic E-state index is 11.8. The van der Waals surface area contributed by atoms with Crippen LogP contribution in [0.25, 0.3) is 0 Å². The largest absolute Gasteiger partial charge is 0.444 e. The van der Waals surface area contributed by atoms with E-state index in [2.05, 4.69) is 17.6 Å². The van der Waals surface area contributed by atoms with Crippen molar-refractivity contribution in [1.82, 2.24) is 0 Å². The molecular weight excluding hydrogens is 276 g/mol. The first-order chi connectivity index (χ1) is 10.3. The Morgan fingerprint density at radius 3 is 2.41 bits per heavy atom. The van der Waals surface area contributed by atoms with Crippen molar-refractivity contribution in [1.29, 1.82) is 0 Å². The normalized spacial score (nSPS) is 22.0. The van der Waals surface area contributed by atoms with Gasteiger partial charge in [-0.3, -0.25) is 5.32 Å². The predicted octanol–water partition coefficient (Wildman–Crippen LogP) is 5.02. The molecule has 0 atom stereocenters. The molecule has 0 unspecified atom stereocenters. The lowest BCUT2D eigenvalue weighted by atomic mass is 9.87. The highest BCUT2D eigenvalue weighted by atomic mass is 16.6. The van der Waals surface area contributed by atoms with Gasteiger partial charge in [-0.1, -0.05) is 13.0 Å². The Hall–Kier alpha value is -1.71. The molecular formula is C18H28N2O2. The first-order valence-electron chi connectivity index (χ1n) is 8.18. The van der Waals surface area contributed by atoms with E-state index in [0.29, 0.717) is 6.04 Å². The Kier molecular flexibility index (Phi) is 5.33. The summed E-state index contributed by atoms with van der Waals surface area (Å²) in [7, 11) is 0. The summed E-state index contributed by atoms with van der Waals surface area (Å²) in [5.41, 5.74) is 1.31. The highest BCUT2D eigenvalue weighted by molar-refractivity contribution is 5.85. The van der Waals surface area contributed by atoms with Gasteiger partial charge < -0.3 is 10.1 Å². The molecule has 0 bridgehead atoms. The summed E-state index contributed by atoms with van der Waals surface area (Å²) in [4.78, 5) is 11.8. The molecule has 4 heteroatoms. The number of benzene rings is 1. The Balaban J connectivity index is 1.91. The lowest BCUT2D eigenvalue weighted by Crippen LogP contribution is -2.27. The molecule has 0 radical (unpaired) electrons. The van der Waals surface area contributed by atoms with Crippen molar-refractivity contribution in [3.8, 4) is 0 Å². The van der Waals surface area contributed by atoms with Crippen molar-refractivity contribution in [3.05, 3.63) is 24.3 Å². The van der Waals surface area contributed by atoms with E-state index >= 15 is 0 Å². The van der Waals surface area contributed by atoms with Crippen LogP contribution in [0.2, 0.25) is 0 Å². The molecule has 1 fully saturated rings. The standard InChI is InChI=1S/C18H28N2O2/c1-13-8-10-14(11-9-13)19-15-6-5-7-16(12-15)20-17(21)22-18(2,3)4/h5-7,12-14,19H,8-11H2,1-4H3,(H,20,21). The lowest BCUT2D eigenvalue weighted by molar-refractivity contribution is 0.0636. The van der Waals surface area contributed by atoms with Crippen LogP contribution in [0.4, 0.5) is 16.2 Å². The third-order valence-corrected chi connectivity index (χ3v) is 3.89. The molecule has 4 nitrogen and oxygen atoms in total. The van der Waals surface area contributed by atoms with Crippen molar-refractivity contribution in [3.63, 3.8) is 0 Å². The number of rotatable bonds is 3. The van der Waals surface area contributed by atoms with Crippen LogP contribution in [-0.2, 0) is 4.74 Å². The van der Waals surface area contributed by atoms with E-state index in [1.54, 1.807) is 0 Å². The molecule has 0 spiro atoms. The number of hydrogen-bond acceptors (Lipinski definition) is 3. The number of nitrogens with one attached hydrogen (secondary N) is 2. The van der Waals surface area contributed by atoms with Gasteiger partial charge >= 0.3 is 6.09 Å². The number of amides is 1. The van der Waals surface area contributed by atoms with E-state index < -0.39 is 11.7 Å². The summed E-state index contributed by atoms with van der Waals surface area (Å²) >= 11 is 0. The van der Waals surface area contributed by atoms with Gasteiger partial charge in [0.25, 0.3) is 0 Å². The molecule has 0 aromatic heterocycles. The molecule has 1 amide bonds. The van der Waals surface area contributed by atoms with E-state index in [4.69, 9.17) is 4.74 Å². The molecule has 0 heterocycles. The zero-order chi connectivity index (χ0) is 16.2. The maximum atomic E-state index is 11.8.